The second kappa shape index (κ2) is 6.19. The van der Waals surface area contributed by atoms with Crippen molar-refractivity contribution in [2.75, 3.05) is 0 Å². The first-order valence-electron chi connectivity index (χ1n) is 6.98. The molecule has 0 radical (unpaired) electrons. The molecule has 0 aliphatic carbocycles. The predicted octanol–water partition coefficient (Wildman–Crippen LogP) is 3.67. The van der Waals surface area contributed by atoms with Gasteiger partial charge in [0.05, 0.1) is 11.1 Å². The molecule has 114 valence electrons. The summed E-state index contributed by atoms with van der Waals surface area (Å²) in [6.45, 7) is 3.68. The molecule has 0 saturated carbocycles. The van der Waals surface area contributed by atoms with Gasteiger partial charge in [-0.2, -0.15) is 0 Å². The molecular formula is C16H16N2O3S. The van der Waals surface area contributed by atoms with Gasteiger partial charge >= 0.3 is 0 Å². The SMILES string of the molecule is Cc1onc(-c2cccs2)c1C(=O)NC(C)Cc1ccco1. The van der Waals surface area contributed by atoms with Crippen LogP contribution in [0.1, 0.15) is 28.8 Å². The van der Waals surface area contributed by atoms with E-state index in [-0.39, 0.29) is 11.9 Å². The third kappa shape index (κ3) is 2.96. The minimum absolute atomic E-state index is 0.0517. The quantitative estimate of drug-likeness (QED) is 0.780. The van der Waals surface area contributed by atoms with Gasteiger partial charge in [0, 0.05) is 12.5 Å². The number of carbonyl (C=O) groups excluding carboxylic acids is 1. The molecule has 0 saturated heterocycles. The Bertz CT molecular complexity index is 745. The number of carbonyl (C=O) groups is 1. The summed E-state index contributed by atoms with van der Waals surface area (Å²) in [4.78, 5) is 13.5. The van der Waals surface area contributed by atoms with E-state index in [0.717, 1.165) is 10.6 Å². The van der Waals surface area contributed by atoms with E-state index in [1.807, 2.05) is 36.6 Å². The zero-order chi connectivity index (χ0) is 15.5. The summed E-state index contributed by atoms with van der Waals surface area (Å²) in [5.74, 6) is 1.18. The molecule has 3 aromatic rings. The van der Waals surface area contributed by atoms with E-state index in [1.54, 1.807) is 13.2 Å². The first-order chi connectivity index (χ1) is 10.6. The van der Waals surface area contributed by atoms with Gasteiger partial charge in [0.15, 0.2) is 0 Å². The second-order valence-electron chi connectivity index (χ2n) is 5.10. The molecule has 1 N–H and O–H groups in total. The highest BCUT2D eigenvalue weighted by Gasteiger charge is 2.23. The van der Waals surface area contributed by atoms with Gasteiger partial charge in [0.2, 0.25) is 0 Å². The number of amides is 1. The predicted molar refractivity (Wildman–Crippen MR) is 83.9 cm³/mol. The molecule has 1 unspecified atom stereocenters. The molecule has 0 aromatic carbocycles. The fourth-order valence-electron chi connectivity index (χ4n) is 2.30. The number of nitrogens with one attached hydrogen (secondary N) is 1. The largest absolute Gasteiger partial charge is 0.469 e. The van der Waals surface area contributed by atoms with E-state index >= 15 is 0 Å². The van der Waals surface area contributed by atoms with Gasteiger partial charge in [-0.05, 0) is 37.4 Å². The van der Waals surface area contributed by atoms with Gasteiger partial charge < -0.3 is 14.3 Å². The van der Waals surface area contributed by atoms with Crippen molar-refractivity contribution in [1.29, 1.82) is 0 Å². The van der Waals surface area contributed by atoms with Crippen LogP contribution in [-0.2, 0) is 6.42 Å². The molecule has 5 nitrogen and oxygen atoms in total. The number of nitrogens with zero attached hydrogens (tertiary/aromatic N) is 1. The lowest BCUT2D eigenvalue weighted by Crippen LogP contribution is -2.34. The van der Waals surface area contributed by atoms with E-state index in [1.165, 1.54) is 11.3 Å². The summed E-state index contributed by atoms with van der Waals surface area (Å²) < 4.78 is 10.5. The van der Waals surface area contributed by atoms with Crippen molar-refractivity contribution in [3.05, 3.63) is 53.0 Å². The van der Waals surface area contributed by atoms with Gasteiger partial charge in [-0.25, -0.2) is 0 Å². The standard InChI is InChI=1S/C16H16N2O3S/c1-10(9-12-5-3-7-20-12)17-16(19)14-11(2)21-18-15(14)13-6-4-8-22-13/h3-8,10H,9H2,1-2H3,(H,17,19). The highest BCUT2D eigenvalue weighted by Crippen LogP contribution is 2.28. The van der Waals surface area contributed by atoms with E-state index in [4.69, 9.17) is 8.94 Å². The van der Waals surface area contributed by atoms with Crippen LogP contribution in [0.3, 0.4) is 0 Å². The maximum atomic E-state index is 12.5. The summed E-state index contributed by atoms with van der Waals surface area (Å²) >= 11 is 1.53. The number of hydrogen-bond donors (Lipinski definition) is 1. The summed E-state index contributed by atoms with van der Waals surface area (Å²) in [7, 11) is 0. The van der Waals surface area contributed by atoms with Gasteiger partial charge in [-0.1, -0.05) is 11.2 Å². The van der Waals surface area contributed by atoms with Crippen LogP contribution >= 0.6 is 11.3 Å². The van der Waals surface area contributed by atoms with Crippen LogP contribution in [0.15, 0.2) is 44.8 Å². The van der Waals surface area contributed by atoms with Crippen molar-refractivity contribution in [3.63, 3.8) is 0 Å². The van der Waals surface area contributed by atoms with Gasteiger partial charge in [-0.15, -0.1) is 11.3 Å². The first-order valence-corrected chi connectivity index (χ1v) is 7.86. The Morgan fingerprint density at radius 2 is 2.27 bits per heavy atom. The van der Waals surface area contributed by atoms with E-state index in [2.05, 4.69) is 10.5 Å². The number of rotatable bonds is 5. The van der Waals surface area contributed by atoms with Crippen LogP contribution in [-0.4, -0.2) is 17.1 Å². The molecule has 3 rings (SSSR count). The molecule has 0 bridgehead atoms. The lowest BCUT2D eigenvalue weighted by Gasteiger charge is -2.12. The molecule has 1 atom stereocenters. The third-order valence-corrected chi connectivity index (χ3v) is 4.19. The molecular weight excluding hydrogens is 300 g/mol. The molecule has 0 spiro atoms. The van der Waals surface area contributed by atoms with Crippen LogP contribution in [0.25, 0.3) is 10.6 Å². The molecule has 6 heteroatoms. The fraction of sp³-hybridized carbons (Fsp3) is 0.250. The summed E-state index contributed by atoms with van der Waals surface area (Å²) in [6.07, 6.45) is 2.26. The zero-order valence-corrected chi connectivity index (χ0v) is 13.1. The van der Waals surface area contributed by atoms with Crippen LogP contribution in [0.4, 0.5) is 0 Å². The Kier molecular flexibility index (Phi) is 4.11. The van der Waals surface area contributed by atoms with Crippen molar-refractivity contribution in [3.8, 4) is 10.6 Å². The number of hydrogen-bond acceptors (Lipinski definition) is 5. The van der Waals surface area contributed by atoms with Crippen molar-refractivity contribution in [1.82, 2.24) is 10.5 Å². The first kappa shape index (κ1) is 14.6. The van der Waals surface area contributed by atoms with Crippen LogP contribution < -0.4 is 5.32 Å². The Balaban J connectivity index is 1.76. The Morgan fingerprint density at radius 1 is 1.41 bits per heavy atom. The number of aryl methyl sites for hydroxylation is 1. The van der Waals surface area contributed by atoms with Gasteiger partial charge in [0.1, 0.15) is 22.8 Å². The lowest BCUT2D eigenvalue weighted by atomic mass is 10.1. The normalized spacial score (nSPS) is 12.3. The summed E-state index contributed by atoms with van der Waals surface area (Å²) in [5.41, 5.74) is 1.09. The summed E-state index contributed by atoms with van der Waals surface area (Å²) in [6, 6.07) is 7.52. The molecule has 0 aliphatic heterocycles. The second-order valence-corrected chi connectivity index (χ2v) is 6.05. The zero-order valence-electron chi connectivity index (χ0n) is 12.3. The Hall–Kier alpha value is -2.34. The molecule has 3 heterocycles. The maximum Gasteiger partial charge on any atom is 0.257 e. The van der Waals surface area contributed by atoms with E-state index in [0.29, 0.717) is 23.4 Å². The average Bonchev–Trinajstić information content (AvgIpc) is 3.18. The molecule has 0 fully saturated rings. The van der Waals surface area contributed by atoms with Crippen LogP contribution in [0.5, 0.6) is 0 Å². The Morgan fingerprint density at radius 3 is 2.95 bits per heavy atom. The minimum Gasteiger partial charge on any atom is -0.469 e. The van der Waals surface area contributed by atoms with Crippen LogP contribution in [0.2, 0.25) is 0 Å². The van der Waals surface area contributed by atoms with Crippen molar-refractivity contribution in [2.24, 2.45) is 0 Å². The van der Waals surface area contributed by atoms with E-state index in [9.17, 15) is 4.79 Å². The van der Waals surface area contributed by atoms with Crippen molar-refractivity contribution in [2.45, 2.75) is 26.3 Å². The van der Waals surface area contributed by atoms with Crippen LogP contribution in [0, 0.1) is 6.92 Å². The highest BCUT2D eigenvalue weighted by molar-refractivity contribution is 7.13. The van der Waals surface area contributed by atoms with Crippen molar-refractivity contribution < 1.29 is 13.7 Å². The monoisotopic (exact) mass is 316 g/mol. The number of thiophene rings is 1. The minimum atomic E-state index is -0.179. The lowest BCUT2D eigenvalue weighted by molar-refractivity contribution is 0.0938. The maximum absolute atomic E-state index is 12.5. The Labute approximate surface area is 131 Å². The smallest absolute Gasteiger partial charge is 0.257 e. The molecule has 1 amide bonds. The molecule has 22 heavy (non-hydrogen) atoms. The average molecular weight is 316 g/mol. The highest BCUT2D eigenvalue weighted by atomic mass is 32.1. The number of furan rings is 1. The van der Waals surface area contributed by atoms with E-state index < -0.39 is 0 Å². The summed E-state index contributed by atoms with van der Waals surface area (Å²) in [5, 5.41) is 8.93. The van der Waals surface area contributed by atoms with Gasteiger partial charge in [-0.3, -0.25) is 4.79 Å². The van der Waals surface area contributed by atoms with Gasteiger partial charge in [0.25, 0.3) is 5.91 Å². The third-order valence-electron chi connectivity index (χ3n) is 3.31. The fourth-order valence-corrected chi connectivity index (χ4v) is 3.01. The number of aromatic nitrogens is 1. The molecule has 0 aliphatic rings. The topological polar surface area (TPSA) is 68.3 Å². The molecule has 3 aromatic heterocycles. The van der Waals surface area contributed by atoms with Crippen molar-refractivity contribution >= 4 is 17.2 Å².